The van der Waals surface area contributed by atoms with Gasteiger partial charge in [-0.1, -0.05) is 137 Å². The third-order valence-corrected chi connectivity index (χ3v) is 5.28. The molecule has 23 heavy (non-hydrogen) atoms. The van der Waals surface area contributed by atoms with Crippen molar-refractivity contribution in [3.63, 3.8) is 0 Å². The molecule has 0 saturated carbocycles. The number of unbranched alkanes of at least 4 members (excludes halogenated alkanes) is 12. The molecule has 0 aliphatic carbocycles. The van der Waals surface area contributed by atoms with E-state index >= 15 is 0 Å². The van der Waals surface area contributed by atoms with Crippen LogP contribution in [0.15, 0.2) is 0 Å². The Morgan fingerprint density at radius 1 is 0.435 bits per heavy atom. The van der Waals surface area contributed by atoms with E-state index in [1.807, 2.05) is 0 Å². The molecule has 0 bridgehead atoms. The molecule has 0 nitrogen and oxygen atoms in total. The van der Waals surface area contributed by atoms with E-state index in [-0.39, 0.29) is 0 Å². The molecule has 0 fully saturated rings. The molecule has 0 rings (SSSR count). The van der Waals surface area contributed by atoms with Gasteiger partial charge in [0.2, 0.25) is 0 Å². The predicted molar refractivity (Wildman–Crippen MR) is 108 cm³/mol. The van der Waals surface area contributed by atoms with Crippen LogP contribution < -0.4 is 0 Å². The zero-order valence-corrected chi connectivity index (χ0v) is 17.2. The zero-order valence-electron chi connectivity index (χ0n) is 17.2. The molecule has 0 amide bonds. The summed E-state index contributed by atoms with van der Waals surface area (Å²) in [6.07, 6.45) is 24.9. The summed E-state index contributed by atoms with van der Waals surface area (Å²) in [7, 11) is 0. The number of hydrogen-bond donors (Lipinski definition) is 0. The maximum absolute atomic E-state index is 2.46. The minimum absolute atomic E-state index is 0.888. The molecule has 140 valence electrons. The number of rotatable bonds is 18. The van der Waals surface area contributed by atoms with E-state index in [0.29, 0.717) is 0 Å². The fourth-order valence-corrected chi connectivity index (χ4v) is 3.53. The van der Waals surface area contributed by atoms with Crippen LogP contribution in [0.4, 0.5) is 0 Å². The van der Waals surface area contributed by atoms with Gasteiger partial charge in [-0.3, -0.25) is 0 Å². The van der Waals surface area contributed by atoms with Crippen LogP contribution in [0.3, 0.4) is 0 Å². The maximum Gasteiger partial charge on any atom is -0.0443 e. The lowest BCUT2D eigenvalue weighted by atomic mass is 9.95. The van der Waals surface area contributed by atoms with E-state index in [0.717, 1.165) is 11.8 Å². The van der Waals surface area contributed by atoms with Crippen molar-refractivity contribution in [3.8, 4) is 0 Å². The third-order valence-electron chi connectivity index (χ3n) is 5.28. The molecule has 0 heteroatoms. The second-order valence-electron chi connectivity index (χ2n) is 8.46. The normalized spacial score (nSPS) is 12.9. The van der Waals surface area contributed by atoms with Crippen LogP contribution in [0, 0.1) is 11.8 Å². The van der Waals surface area contributed by atoms with Crippen molar-refractivity contribution < 1.29 is 0 Å². The van der Waals surface area contributed by atoms with Gasteiger partial charge in [0.1, 0.15) is 0 Å². The summed E-state index contributed by atoms with van der Waals surface area (Å²) in [6.45, 7) is 9.45. The summed E-state index contributed by atoms with van der Waals surface area (Å²) in [5.41, 5.74) is 0. The first-order chi connectivity index (χ1) is 11.2. The van der Waals surface area contributed by atoms with E-state index in [9.17, 15) is 0 Å². The zero-order chi connectivity index (χ0) is 17.2. The van der Waals surface area contributed by atoms with Gasteiger partial charge in [-0.25, -0.2) is 0 Å². The Morgan fingerprint density at radius 2 is 0.826 bits per heavy atom. The SMILES string of the molecule is CCCCCCCCCCCCCCCC(C)CCCC(C)C. The summed E-state index contributed by atoms with van der Waals surface area (Å²) in [4.78, 5) is 0. The molecule has 0 heterocycles. The minimum Gasteiger partial charge on any atom is -0.0654 e. The predicted octanol–water partition coefficient (Wildman–Crippen LogP) is 8.93. The lowest BCUT2D eigenvalue weighted by Crippen LogP contribution is -1.96. The molecule has 0 aromatic heterocycles. The Morgan fingerprint density at radius 3 is 1.26 bits per heavy atom. The largest absolute Gasteiger partial charge is 0.0654 e. The summed E-state index contributed by atoms with van der Waals surface area (Å²) in [5.74, 6) is 1.85. The molecule has 0 spiro atoms. The summed E-state index contributed by atoms with van der Waals surface area (Å²) in [5, 5.41) is 0. The van der Waals surface area contributed by atoms with Crippen LogP contribution in [0.2, 0.25) is 0 Å². The van der Waals surface area contributed by atoms with Crippen LogP contribution in [-0.4, -0.2) is 0 Å². The Hall–Kier alpha value is 0. The van der Waals surface area contributed by atoms with E-state index in [2.05, 4.69) is 27.7 Å². The van der Waals surface area contributed by atoms with Crippen LogP contribution >= 0.6 is 0 Å². The topological polar surface area (TPSA) is 0 Å². The van der Waals surface area contributed by atoms with Crippen molar-refractivity contribution in [1.29, 1.82) is 0 Å². The second kappa shape index (κ2) is 18.3. The Labute approximate surface area is 149 Å². The molecule has 0 radical (unpaired) electrons. The first kappa shape index (κ1) is 23.0. The molecular weight excluding hydrogens is 276 g/mol. The van der Waals surface area contributed by atoms with Crippen molar-refractivity contribution in [1.82, 2.24) is 0 Å². The molecule has 0 saturated heterocycles. The molecule has 1 atom stereocenters. The van der Waals surface area contributed by atoms with Crippen LogP contribution in [-0.2, 0) is 0 Å². The standard InChI is InChI=1S/C23H48/c1-5-6-7-8-9-10-11-12-13-14-15-16-17-20-23(4)21-18-19-22(2)3/h22-23H,5-21H2,1-4H3. The van der Waals surface area contributed by atoms with Crippen LogP contribution in [0.25, 0.3) is 0 Å². The lowest BCUT2D eigenvalue weighted by molar-refractivity contribution is 0.417. The van der Waals surface area contributed by atoms with Gasteiger partial charge >= 0.3 is 0 Å². The molecule has 0 aromatic rings. The fraction of sp³-hybridized carbons (Fsp3) is 1.00. The summed E-state index contributed by atoms with van der Waals surface area (Å²) < 4.78 is 0. The van der Waals surface area contributed by atoms with E-state index in [1.165, 1.54) is 109 Å². The Balaban J connectivity index is 3.09. The van der Waals surface area contributed by atoms with Gasteiger partial charge in [0.25, 0.3) is 0 Å². The maximum atomic E-state index is 2.46. The smallest absolute Gasteiger partial charge is 0.0443 e. The molecule has 0 aliphatic rings. The average Bonchev–Trinajstić information content (AvgIpc) is 2.51. The van der Waals surface area contributed by atoms with E-state index < -0.39 is 0 Å². The average molecular weight is 325 g/mol. The van der Waals surface area contributed by atoms with Crippen molar-refractivity contribution in [3.05, 3.63) is 0 Å². The first-order valence-electron chi connectivity index (χ1n) is 11.2. The Kier molecular flexibility index (Phi) is 18.3. The van der Waals surface area contributed by atoms with Gasteiger partial charge in [0.05, 0.1) is 0 Å². The third kappa shape index (κ3) is 20.0. The highest BCUT2D eigenvalue weighted by Crippen LogP contribution is 2.19. The molecule has 0 aromatic carbocycles. The van der Waals surface area contributed by atoms with Gasteiger partial charge in [0.15, 0.2) is 0 Å². The monoisotopic (exact) mass is 324 g/mol. The van der Waals surface area contributed by atoms with Crippen molar-refractivity contribution >= 4 is 0 Å². The highest BCUT2D eigenvalue weighted by Gasteiger charge is 2.03. The highest BCUT2D eigenvalue weighted by atomic mass is 14.1. The minimum atomic E-state index is 0.888. The van der Waals surface area contributed by atoms with Gasteiger partial charge in [-0.05, 0) is 11.8 Å². The van der Waals surface area contributed by atoms with Gasteiger partial charge in [-0.15, -0.1) is 0 Å². The first-order valence-corrected chi connectivity index (χ1v) is 11.2. The quantitative estimate of drug-likeness (QED) is 0.221. The van der Waals surface area contributed by atoms with Crippen LogP contribution in [0.5, 0.6) is 0 Å². The van der Waals surface area contributed by atoms with E-state index in [4.69, 9.17) is 0 Å². The fourth-order valence-electron chi connectivity index (χ4n) is 3.53. The lowest BCUT2D eigenvalue weighted by Gasteiger charge is -2.12. The van der Waals surface area contributed by atoms with Gasteiger partial charge < -0.3 is 0 Å². The highest BCUT2D eigenvalue weighted by molar-refractivity contribution is 4.56. The van der Waals surface area contributed by atoms with E-state index in [1.54, 1.807) is 0 Å². The second-order valence-corrected chi connectivity index (χ2v) is 8.46. The molecule has 1 unspecified atom stereocenters. The molecular formula is C23H48. The summed E-state index contributed by atoms with van der Waals surface area (Å²) >= 11 is 0. The van der Waals surface area contributed by atoms with Gasteiger partial charge in [-0.2, -0.15) is 0 Å². The van der Waals surface area contributed by atoms with Crippen molar-refractivity contribution in [2.45, 2.75) is 137 Å². The Bertz CT molecular complexity index is 206. The van der Waals surface area contributed by atoms with Crippen molar-refractivity contribution in [2.24, 2.45) is 11.8 Å². The molecule has 0 aliphatic heterocycles. The molecule has 0 N–H and O–H groups in total. The summed E-state index contributed by atoms with van der Waals surface area (Å²) in [6, 6.07) is 0. The van der Waals surface area contributed by atoms with Crippen molar-refractivity contribution in [2.75, 3.05) is 0 Å². The van der Waals surface area contributed by atoms with Crippen LogP contribution in [0.1, 0.15) is 137 Å². The number of hydrogen-bond acceptors (Lipinski definition) is 0. The van der Waals surface area contributed by atoms with Gasteiger partial charge in [0, 0.05) is 0 Å².